The normalized spacial score (nSPS) is 16.0. The van der Waals surface area contributed by atoms with Crippen LogP contribution in [0.15, 0.2) is 41.3 Å². The van der Waals surface area contributed by atoms with Gasteiger partial charge >= 0.3 is 5.97 Å². The maximum atomic E-state index is 12.9. The first-order valence-electron chi connectivity index (χ1n) is 9.67. The number of aliphatic carboxylic acids is 1. The molecule has 1 saturated heterocycles. The van der Waals surface area contributed by atoms with Gasteiger partial charge in [0.1, 0.15) is 0 Å². The quantitative estimate of drug-likeness (QED) is 0.617. The van der Waals surface area contributed by atoms with Gasteiger partial charge in [-0.3, -0.25) is 9.59 Å². The molecule has 1 aliphatic rings. The van der Waals surface area contributed by atoms with Gasteiger partial charge in [-0.25, -0.2) is 9.69 Å². The summed E-state index contributed by atoms with van der Waals surface area (Å²) in [5, 5.41) is 8.83. The number of aryl methyl sites for hydroxylation is 2. The molecule has 1 fully saturated rings. The summed E-state index contributed by atoms with van der Waals surface area (Å²) in [6, 6.07) is 10.3. The Morgan fingerprint density at radius 3 is 2.48 bits per heavy atom. The first kappa shape index (κ1) is 22.4. The number of carboxylic acid groups (broad SMARTS) is 1. The zero-order chi connectivity index (χ0) is 22.7. The van der Waals surface area contributed by atoms with E-state index in [4.69, 9.17) is 9.47 Å². The molecule has 0 aromatic heterocycles. The maximum Gasteiger partial charge on any atom is 0.344 e. The lowest BCUT2D eigenvalue weighted by atomic mass is 10.1. The Morgan fingerprint density at radius 2 is 1.87 bits per heavy atom. The monoisotopic (exact) mass is 441 g/mol. The first-order chi connectivity index (χ1) is 14.7. The van der Waals surface area contributed by atoms with Gasteiger partial charge in [0.2, 0.25) is 0 Å². The van der Waals surface area contributed by atoms with Crippen molar-refractivity contribution in [3.63, 3.8) is 0 Å². The number of nitrogens with zero attached hydrogens (tertiary/aromatic N) is 1. The van der Waals surface area contributed by atoms with Crippen LogP contribution < -0.4 is 14.4 Å². The lowest BCUT2D eigenvalue weighted by molar-refractivity contribution is -0.145. The fraction of sp³-hybridized carbons (Fsp3) is 0.261. The Hall–Kier alpha value is -3.26. The second-order valence-corrected chi connectivity index (χ2v) is 8.04. The van der Waals surface area contributed by atoms with Crippen molar-refractivity contribution < 1.29 is 29.0 Å². The number of anilines is 1. The Kier molecular flexibility index (Phi) is 6.70. The van der Waals surface area contributed by atoms with E-state index in [1.807, 2.05) is 26.0 Å². The molecule has 0 radical (unpaired) electrons. The zero-order valence-corrected chi connectivity index (χ0v) is 18.5. The van der Waals surface area contributed by atoms with Crippen molar-refractivity contribution in [3.8, 4) is 11.5 Å². The molecular formula is C23H23NO6S. The summed E-state index contributed by atoms with van der Waals surface area (Å²) in [5.74, 6) is -0.831. The molecule has 2 aromatic rings. The predicted molar refractivity (Wildman–Crippen MR) is 120 cm³/mol. The van der Waals surface area contributed by atoms with Crippen molar-refractivity contribution in [1.29, 1.82) is 0 Å². The van der Waals surface area contributed by atoms with E-state index >= 15 is 0 Å². The third kappa shape index (κ3) is 4.74. The van der Waals surface area contributed by atoms with Crippen LogP contribution in [-0.4, -0.2) is 35.4 Å². The summed E-state index contributed by atoms with van der Waals surface area (Å²) in [4.78, 5) is 38.1. The molecule has 1 heterocycles. The molecule has 31 heavy (non-hydrogen) atoms. The fourth-order valence-electron chi connectivity index (χ4n) is 3.04. The number of hydrogen-bond donors (Lipinski definition) is 1. The standard InChI is InChI=1S/C23H23NO6S/c1-5-17(22(26)27)30-18-9-7-15(11-19(18)29-4)12-20-21(25)24(23(28)31-20)16-8-6-13(2)14(3)10-16/h6-12,17H,5H2,1-4H3,(H,26,27)/b20-12+. The van der Waals surface area contributed by atoms with E-state index < -0.39 is 18.0 Å². The Balaban J connectivity index is 1.87. The van der Waals surface area contributed by atoms with E-state index in [1.54, 1.807) is 37.3 Å². The topological polar surface area (TPSA) is 93.1 Å². The minimum Gasteiger partial charge on any atom is -0.493 e. The Labute approximate surface area is 184 Å². The number of hydrogen-bond acceptors (Lipinski definition) is 6. The van der Waals surface area contributed by atoms with Crippen LogP contribution in [-0.2, 0) is 9.59 Å². The van der Waals surface area contributed by atoms with Crippen molar-refractivity contribution in [2.75, 3.05) is 12.0 Å². The van der Waals surface area contributed by atoms with Gasteiger partial charge in [0.25, 0.3) is 11.1 Å². The number of amides is 2. The van der Waals surface area contributed by atoms with Crippen LogP contribution in [0.2, 0.25) is 0 Å². The molecule has 1 N–H and O–H groups in total. The number of benzene rings is 2. The molecule has 7 nitrogen and oxygen atoms in total. The fourth-order valence-corrected chi connectivity index (χ4v) is 3.88. The van der Waals surface area contributed by atoms with Gasteiger partial charge in [0, 0.05) is 0 Å². The van der Waals surface area contributed by atoms with Crippen LogP contribution >= 0.6 is 11.8 Å². The second-order valence-electron chi connectivity index (χ2n) is 7.05. The average molecular weight is 442 g/mol. The molecule has 0 bridgehead atoms. The van der Waals surface area contributed by atoms with E-state index in [0.717, 1.165) is 27.8 Å². The van der Waals surface area contributed by atoms with Gasteiger partial charge in [0.15, 0.2) is 17.6 Å². The van der Waals surface area contributed by atoms with Crippen LogP contribution in [0.5, 0.6) is 11.5 Å². The number of thioether (sulfide) groups is 1. The Morgan fingerprint density at radius 1 is 1.13 bits per heavy atom. The van der Waals surface area contributed by atoms with E-state index in [0.29, 0.717) is 23.4 Å². The van der Waals surface area contributed by atoms with Gasteiger partial charge in [-0.15, -0.1) is 0 Å². The minimum atomic E-state index is -1.06. The zero-order valence-electron chi connectivity index (χ0n) is 17.7. The highest BCUT2D eigenvalue weighted by Gasteiger charge is 2.36. The second kappa shape index (κ2) is 9.26. The lowest BCUT2D eigenvalue weighted by Crippen LogP contribution is -2.27. The average Bonchev–Trinajstić information content (AvgIpc) is 3.01. The number of imide groups is 1. The van der Waals surface area contributed by atoms with Crippen LogP contribution in [0.25, 0.3) is 6.08 Å². The summed E-state index contributed by atoms with van der Waals surface area (Å²) >= 11 is 0.866. The van der Waals surface area contributed by atoms with Crippen molar-refractivity contribution in [3.05, 3.63) is 58.0 Å². The van der Waals surface area contributed by atoms with Gasteiger partial charge in [-0.05, 0) is 79.1 Å². The smallest absolute Gasteiger partial charge is 0.344 e. The summed E-state index contributed by atoms with van der Waals surface area (Å²) in [6.07, 6.45) is 0.910. The van der Waals surface area contributed by atoms with Crippen LogP contribution in [0.4, 0.5) is 10.5 Å². The number of carboxylic acids is 1. The molecule has 0 saturated carbocycles. The number of methoxy groups -OCH3 is 1. The van der Waals surface area contributed by atoms with Crippen molar-refractivity contribution in [2.24, 2.45) is 0 Å². The number of rotatable bonds is 7. The van der Waals surface area contributed by atoms with E-state index in [1.165, 1.54) is 7.11 Å². The number of ether oxygens (including phenoxy) is 2. The van der Waals surface area contributed by atoms with E-state index in [2.05, 4.69) is 0 Å². The minimum absolute atomic E-state index is 0.288. The van der Waals surface area contributed by atoms with Gasteiger partial charge in [-0.2, -0.15) is 0 Å². The van der Waals surface area contributed by atoms with E-state index in [-0.39, 0.29) is 15.9 Å². The van der Waals surface area contributed by atoms with E-state index in [9.17, 15) is 19.5 Å². The Bertz CT molecular complexity index is 1080. The summed E-state index contributed by atoms with van der Waals surface area (Å²) in [6.45, 7) is 5.61. The molecule has 0 aliphatic carbocycles. The first-order valence-corrected chi connectivity index (χ1v) is 10.5. The van der Waals surface area contributed by atoms with Gasteiger partial charge in [0.05, 0.1) is 17.7 Å². The van der Waals surface area contributed by atoms with Crippen molar-refractivity contribution in [1.82, 2.24) is 0 Å². The molecule has 1 aliphatic heterocycles. The lowest BCUT2D eigenvalue weighted by Gasteiger charge is -2.16. The highest BCUT2D eigenvalue weighted by Crippen LogP contribution is 2.37. The molecule has 0 spiro atoms. The van der Waals surface area contributed by atoms with Crippen LogP contribution in [0.1, 0.15) is 30.0 Å². The molecule has 2 amide bonds. The van der Waals surface area contributed by atoms with Crippen molar-refractivity contribution in [2.45, 2.75) is 33.3 Å². The molecule has 3 rings (SSSR count). The predicted octanol–water partition coefficient (Wildman–Crippen LogP) is 4.79. The number of carbonyl (C=O) groups excluding carboxylic acids is 2. The van der Waals surface area contributed by atoms with Crippen molar-refractivity contribution >= 4 is 40.6 Å². The third-order valence-electron chi connectivity index (χ3n) is 4.94. The summed E-state index contributed by atoms with van der Waals surface area (Å²) in [5.41, 5.74) is 3.23. The molecule has 2 aromatic carbocycles. The number of carbonyl (C=O) groups is 3. The molecule has 8 heteroatoms. The molecule has 162 valence electrons. The molecule has 1 unspecified atom stereocenters. The van der Waals surface area contributed by atoms with Gasteiger partial charge < -0.3 is 14.6 Å². The summed E-state index contributed by atoms with van der Waals surface area (Å²) < 4.78 is 10.8. The highest BCUT2D eigenvalue weighted by atomic mass is 32.2. The molecular weight excluding hydrogens is 418 g/mol. The highest BCUT2D eigenvalue weighted by molar-refractivity contribution is 8.19. The summed E-state index contributed by atoms with van der Waals surface area (Å²) in [7, 11) is 1.45. The molecule has 1 atom stereocenters. The maximum absolute atomic E-state index is 12.9. The van der Waals surface area contributed by atoms with Crippen LogP contribution in [0, 0.1) is 13.8 Å². The third-order valence-corrected chi connectivity index (χ3v) is 5.81. The SMILES string of the molecule is CCC(Oc1ccc(/C=C2/SC(=O)N(c3ccc(C)c(C)c3)C2=O)cc1OC)C(=O)O. The largest absolute Gasteiger partial charge is 0.493 e. The van der Waals surface area contributed by atoms with Crippen LogP contribution in [0.3, 0.4) is 0 Å². The van der Waals surface area contributed by atoms with Gasteiger partial charge in [-0.1, -0.05) is 19.1 Å².